The second-order valence-corrected chi connectivity index (χ2v) is 5.97. The number of benzene rings is 3. The smallest absolute Gasteiger partial charge is 0.0509 e. The van der Waals surface area contributed by atoms with Crippen LogP contribution < -0.4 is 0 Å². The van der Waals surface area contributed by atoms with Crippen molar-refractivity contribution in [3.8, 4) is 11.1 Å². The Labute approximate surface area is 123 Å². The third-order valence-electron chi connectivity index (χ3n) is 4.76. The van der Waals surface area contributed by atoms with E-state index in [1.165, 1.54) is 49.6 Å². The molecule has 1 aliphatic carbocycles. The fourth-order valence-corrected chi connectivity index (χ4v) is 3.84. The van der Waals surface area contributed by atoms with E-state index in [0.29, 0.717) is 0 Å². The van der Waals surface area contributed by atoms with Gasteiger partial charge in [-0.3, -0.25) is 0 Å². The van der Waals surface area contributed by atoms with Gasteiger partial charge in [-0.25, -0.2) is 0 Å². The first-order valence-electron chi connectivity index (χ1n) is 7.44. The van der Waals surface area contributed by atoms with Crippen LogP contribution in [0.5, 0.6) is 0 Å². The SMILES string of the molecule is Cc1cc2c(c3[nH]c4ccccc4c13)Cc1ccccc1-2. The van der Waals surface area contributed by atoms with Crippen LogP contribution in [0.4, 0.5) is 0 Å². The molecular weight excluding hydrogens is 254 g/mol. The maximum atomic E-state index is 3.65. The largest absolute Gasteiger partial charge is 0.354 e. The highest BCUT2D eigenvalue weighted by Gasteiger charge is 2.22. The molecule has 5 rings (SSSR count). The quantitative estimate of drug-likeness (QED) is 0.397. The minimum absolute atomic E-state index is 1.04. The lowest BCUT2D eigenvalue weighted by molar-refractivity contribution is 1.27. The molecule has 0 saturated heterocycles. The van der Waals surface area contributed by atoms with Crippen LogP contribution in [0.25, 0.3) is 32.9 Å². The van der Waals surface area contributed by atoms with Crippen LogP contribution in [-0.4, -0.2) is 4.98 Å². The first-order chi connectivity index (χ1) is 10.3. The van der Waals surface area contributed by atoms with Crippen molar-refractivity contribution in [3.63, 3.8) is 0 Å². The van der Waals surface area contributed by atoms with Crippen molar-refractivity contribution in [1.29, 1.82) is 0 Å². The summed E-state index contributed by atoms with van der Waals surface area (Å²) < 4.78 is 0. The van der Waals surface area contributed by atoms with Crippen molar-refractivity contribution >= 4 is 21.8 Å². The molecule has 3 aromatic carbocycles. The Kier molecular flexibility index (Phi) is 2.00. The minimum atomic E-state index is 1.04. The normalized spacial score (nSPS) is 12.8. The highest BCUT2D eigenvalue weighted by atomic mass is 14.7. The van der Waals surface area contributed by atoms with Crippen LogP contribution in [0.15, 0.2) is 54.6 Å². The van der Waals surface area contributed by atoms with E-state index in [1.807, 2.05) is 0 Å². The summed E-state index contributed by atoms with van der Waals surface area (Å²) in [7, 11) is 0. The molecule has 0 aliphatic heterocycles. The van der Waals surface area contributed by atoms with E-state index in [9.17, 15) is 0 Å². The molecule has 0 spiro atoms. The number of fused-ring (bicyclic) bond motifs is 7. The number of H-pyrrole nitrogens is 1. The van der Waals surface area contributed by atoms with Gasteiger partial charge in [-0.15, -0.1) is 0 Å². The molecule has 0 fully saturated rings. The predicted molar refractivity (Wildman–Crippen MR) is 88.8 cm³/mol. The van der Waals surface area contributed by atoms with E-state index in [-0.39, 0.29) is 0 Å². The summed E-state index contributed by atoms with van der Waals surface area (Å²) in [6.45, 7) is 2.23. The van der Waals surface area contributed by atoms with Gasteiger partial charge >= 0.3 is 0 Å². The minimum Gasteiger partial charge on any atom is -0.354 e. The maximum Gasteiger partial charge on any atom is 0.0509 e. The Hall–Kier alpha value is -2.54. The van der Waals surface area contributed by atoms with Gasteiger partial charge in [0.2, 0.25) is 0 Å². The highest BCUT2D eigenvalue weighted by molar-refractivity contribution is 6.12. The molecule has 1 aliphatic rings. The van der Waals surface area contributed by atoms with E-state index < -0.39 is 0 Å². The van der Waals surface area contributed by atoms with Gasteiger partial charge < -0.3 is 4.98 Å². The first-order valence-corrected chi connectivity index (χ1v) is 7.44. The lowest BCUT2D eigenvalue weighted by atomic mass is 9.98. The lowest BCUT2D eigenvalue weighted by Gasteiger charge is -2.06. The molecule has 0 atom stereocenters. The lowest BCUT2D eigenvalue weighted by Crippen LogP contribution is -1.86. The molecule has 100 valence electrons. The van der Waals surface area contributed by atoms with Gasteiger partial charge in [0.1, 0.15) is 0 Å². The molecule has 4 aromatic rings. The van der Waals surface area contributed by atoms with Crippen LogP contribution in [0.2, 0.25) is 0 Å². The second kappa shape index (κ2) is 3.76. The maximum absolute atomic E-state index is 3.65. The number of hydrogen-bond donors (Lipinski definition) is 1. The molecule has 0 saturated carbocycles. The third kappa shape index (κ3) is 1.36. The highest BCUT2D eigenvalue weighted by Crippen LogP contribution is 2.43. The Morgan fingerprint density at radius 1 is 0.905 bits per heavy atom. The van der Waals surface area contributed by atoms with Gasteiger partial charge in [-0.2, -0.15) is 0 Å². The van der Waals surface area contributed by atoms with Gasteiger partial charge in [0.15, 0.2) is 0 Å². The molecule has 1 nitrogen and oxygen atoms in total. The zero-order chi connectivity index (χ0) is 14.0. The molecule has 1 heterocycles. The summed E-state index contributed by atoms with van der Waals surface area (Å²) >= 11 is 0. The summed E-state index contributed by atoms with van der Waals surface area (Å²) in [4.78, 5) is 3.65. The molecule has 0 radical (unpaired) electrons. The number of hydrogen-bond acceptors (Lipinski definition) is 0. The summed E-state index contributed by atoms with van der Waals surface area (Å²) in [5.41, 5.74) is 9.62. The monoisotopic (exact) mass is 269 g/mol. The number of aryl methyl sites for hydroxylation is 1. The van der Waals surface area contributed by atoms with Crippen molar-refractivity contribution in [2.24, 2.45) is 0 Å². The molecule has 1 aromatic heterocycles. The molecule has 1 N–H and O–H groups in total. The predicted octanol–water partition coefficient (Wildman–Crippen LogP) is 5.20. The van der Waals surface area contributed by atoms with Crippen LogP contribution in [0, 0.1) is 6.92 Å². The second-order valence-electron chi connectivity index (χ2n) is 5.97. The molecule has 0 bridgehead atoms. The van der Waals surface area contributed by atoms with E-state index >= 15 is 0 Å². The zero-order valence-electron chi connectivity index (χ0n) is 11.9. The number of rotatable bonds is 0. The van der Waals surface area contributed by atoms with Crippen LogP contribution in [0.3, 0.4) is 0 Å². The van der Waals surface area contributed by atoms with Crippen molar-refractivity contribution in [3.05, 3.63) is 71.3 Å². The van der Waals surface area contributed by atoms with E-state index in [0.717, 1.165) is 6.42 Å². The standard InChI is InChI=1S/C20H15N/c1-12-10-16-14-7-3-2-6-13(14)11-17(16)20-19(12)15-8-4-5-9-18(15)21-20/h2-10,21H,11H2,1H3. The molecule has 0 amide bonds. The number of nitrogens with one attached hydrogen (secondary N) is 1. The molecule has 1 heteroatoms. The van der Waals surface area contributed by atoms with Crippen LogP contribution in [-0.2, 0) is 6.42 Å². The van der Waals surface area contributed by atoms with Gasteiger partial charge in [-0.1, -0.05) is 48.5 Å². The third-order valence-corrected chi connectivity index (χ3v) is 4.76. The fraction of sp³-hybridized carbons (Fsp3) is 0.100. The van der Waals surface area contributed by atoms with Gasteiger partial charge in [0, 0.05) is 22.7 Å². The summed E-state index contributed by atoms with van der Waals surface area (Å²) in [5.74, 6) is 0. The summed E-state index contributed by atoms with van der Waals surface area (Å²) in [6.07, 6.45) is 1.04. The van der Waals surface area contributed by atoms with E-state index in [4.69, 9.17) is 0 Å². The van der Waals surface area contributed by atoms with Gasteiger partial charge in [0.25, 0.3) is 0 Å². The average Bonchev–Trinajstić information content (AvgIpc) is 3.06. The van der Waals surface area contributed by atoms with E-state index in [2.05, 4.69) is 66.5 Å². The van der Waals surface area contributed by atoms with Gasteiger partial charge in [-0.05, 0) is 40.8 Å². The van der Waals surface area contributed by atoms with Crippen LogP contribution in [0.1, 0.15) is 16.7 Å². The van der Waals surface area contributed by atoms with Crippen molar-refractivity contribution < 1.29 is 0 Å². The zero-order valence-corrected chi connectivity index (χ0v) is 11.9. The van der Waals surface area contributed by atoms with Crippen LogP contribution >= 0.6 is 0 Å². The Bertz CT molecular complexity index is 1020. The van der Waals surface area contributed by atoms with Gasteiger partial charge in [0.05, 0.1) is 5.52 Å². The molecule has 0 unspecified atom stereocenters. The Morgan fingerprint density at radius 2 is 1.71 bits per heavy atom. The van der Waals surface area contributed by atoms with Crippen molar-refractivity contribution in [1.82, 2.24) is 4.98 Å². The molecule has 21 heavy (non-hydrogen) atoms. The topological polar surface area (TPSA) is 15.8 Å². The fourth-order valence-electron chi connectivity index (χ4n) is 3.84. The van der Waals surface area contributed by atoms with E-state index in [1.54, 1.807) is 0 Å². The molecular formula is C20H15N. The first kappa shape index (κ1) is 11.2. The van der Waals surface area contributed by atoms with Crippen molar-refractivity contribution in [2.45, 2.75) is 13.3 Å². The average molecular weight is 269 g/mol. The number of aromatic nitrogens is 1. The summed E-state index contributed by atoms with van der Waals surface area (Å²) in [5, 5.41) is 2.72. The van der Waals surface area contributed by atoms with Crippen molar-refractivity contribution in [2.75, 3.05) is 0 Å². The number of para-hydroxylation sites is 1. The number of aromatic amines is 1. The summed E-state index contributed by atoms with van der Waals surface area (Å²) in [6, 6.07) is 19.7. The Morgan fingerprint density at radius 3 is 2.67 bits per heavy atom. The Balaban J connectivity index is 1.97.